The van der Waals surface area contributed by atoms with Crippen molar-refractivity contribution in [2.45, 2.75) is 59.0 Å². The number of carbonyl (C=O) groups excluding carboxylic acids is 3. The summed E-state index contributed by atoms with van der Waals surface area (Å²) in [5.74, 6) is 0.448. The highest BCUT2D eigenvalue weighted by Gasteiger charge is 2.30. The van der Waals surface area contributed by atoms with E-state index in [4.69, 9.17) is 14.2 Å². The van der Waals surface area contributed by atoms with Crippen molar-refractivity contribution in [3.63, 3.8) is 0 Å². The molecule has 244 valence electrons. The molecule has 3 atom stereocenters. The Bertz CT molecular complexity index is 1690. The molecule has 3 aromatic rings. The van der Waals surface area contributed by atoms with Gasteiger partial charge in [0.05, 0.1) is 33.1 Å². The zero-order valence-corrected chi connectivity index (χ0v) is 27.3. The molecule has 1 aliphatic carbocycles. The Balaban J connectivity index is 1.82. The molecule has 1 aliphatic rings. The first-order chi connectivity index (χ1) is 22.0. The number of benzene rings is 2. The van der Waals surface area contributed by atoms with Gasteiger partial charge in [-0.15, -0.1) is 0 Å². The van der Waals surface area contributed by atoms with Crippen molar-refractivity contribution < 1.29 is 28.6 Å². The van der Waals surface area contributed by atoms with Crippen molar-refractivity contribution in [2.24, 2.45) is 5.92 Å². The van der Waals surface area contributed by atoms with E-state index in [1.165, 1.54) is 27.0 Å². The third-order valence-corrected chi connectivity index (χ3v) is 8.17. The van der Waals surface area contributed by atoms with Crippen LogP contribution in [0.1, 0.15) is 57.7 Å². The standard InChI is InChI=1S/C35H42N4O7/c1-8-19(2)32(35(43)38-24-11-9-10-23(17-24)36-20(3)40)39-28-15-13-25-26(18-29(28)42)27(37-21(4)41)14-12-22-16-30(44-5)33(45-6)34(46-7)31(22)25/h9-11,13,15-19,27,32H,8,12,14H2,1-7H3,(H,36,40)(H,37,41)(H,38,43)(H,39,42)/t19-,27+,32+/m1/s1. The van der Waals surface area contributed by atoms with E-state index in [-0.39, 0.29) is 34.8 Å². The number of hydrogen-bond donors (Lipinski definition) is 4. The Hall–Kier alpha value is -5.06. The average molecular weight is 631 g/mol. The lowest BCUT2D eigenvalue weighted by Crippen LogP contribution is -2.40. The van der Waals surface area contributed by atoms with Gasteiger partial charge in [0.1, 0.15) is 6.04 Å². The second-order valence-corrected chi connectivity index (χ2v) is 11.4. The lowest BCUT2D eigenvalue weighted by molar-refractivity contribution is -0.120. The van der Waals surface area contributed by atoms with Crippen LogP contribution in [0.15, 0.2) is 53.3 Å². The molecule has 11 nitrogen and oxygen atoms in total. The molecule has 46 heavy (non-hydrogen) atoms. The fourth-order valence-corrected chi connectivity index (χ4v) is 5.79. The van der Waals surface area contributed by atoms with Gasteiger partial charge in [0.15, 0.2) is 11.5 Å². The van der Waals surface area contributed by atoms with E-state index in [0.717, 1.165) is 11.1 Å². The number of fused-ring (bicyclic) bond motifs is 3. The first kappa shape index (κ1) is 33.8. The van der Waals surface area contributed by atoms with Gasteiger partial charge in [0.25, 0.3) is 0 Å². The number of hydrogen-bond acceptors (Lipinski definition) is 8. The smallest absolute Gasteiger partial charge is 0.247 e. The summed E-state index contributed by atoms with van der Waals surface area (Å²) < 4.78 is 17.1. The highest BCUT2D eigenvalue weighted by Crippen LogP contribution is 2.50. The summed E-state index contributed by atoms with van der Waals surface area (Å²) in [5, 5.41) is 11.8. The largest absolute Gasteiger partial charge is 0.493 e. The first-order valence-electron chi connectivity index (χ1n) is 15.2. The molecule has 3 aromatic carbocycles. The molecule has 0 bridgehead atoms. The molecule has 0 saturated heterocycles. The number of ether oxygens (including phenoxy) is 3. The Kier molecular flexibility index (Phi) is 10.9. The second-order valence-electron chi connectivity index (χ2n) is 11.4. The highest BCUT2D eigenvalue weighted by molar-refractivity contribution is 5.98. The molecule has 0 heterocycles. The zero-order chi connectivity index (χ0) is 33.5. The van der Waals surface area contributed by atoms with Gasteiger partial charge in [-0.3, -0.25) is 19.2 Å². The normalized spacial score (nSPS) is 14.7. The van der Waals surface area contributed by atoms with Crippen molar-refractivity contribution in [3.8, 4) is 28.4 Å². The van der Waals surface area contributed by atoms with Crippen LogP contribution in [0.4, 0.5) is 17.1 Å². The number of anilines is 3. The Morgan fingerprint density at radius 3 is 2.20 bits per heavy atom. The van der Waals surface area contributed by atoms with Gasteiger partial charge in [-0.05, 0) is 71.8 Å². The molecule has 4 N–H and O–H groups in total. The van der Waals surface area contributed by atoms with Crippen molar-refractivity contribution in [1.82, 2.24) is 5.32 Å². The van der Waals surface area contributed by atoms with Crippen LogP contribution in [0.5, 0.6) is 17.2 Å². The molecule has 0 spiro atoms. The van der Waals surface area contributed by atoms with Gasteiger partial charge < -0.3 is 35.5 Å². The highest BCUT2D eigenvalue weighted by atomic mass is 16.5. The summed E-state index contributed by atoms with van der Waals surface area (Å²) in [7, 11) is 4.63. The Morgan fingerprint density at radius 1 is 0.891 bits per heavy atom. The molecule has 0 radical (unpaired) electrons. The van der Waals surface area contributed by atoms with Gasteiger partial charge in [-0.25, -0.2) is 0 Å². The van der Waals surface area contributed by atoms with E-state index in [9.17, 15) is 19.2 Å². The Morgan fingerprint density at radius 2 is 1.59 bits per heavy atom. The fourth-order valence-electron chi connectivity index (χ4n) is 5.79. The van der Waals surface area contributed by atoms with Crippen LogP contribution >= 0.6 is 0 Å². The monoisotopic (exact) mass is 630 g/mol. The SMILES string of the molecule is CC[C@@H](C)[C@H](Nc1ccc2c(cc1=O)[C@@H](NC(C)=O)CCc1cc(OC)c(OC)c(OC)c1-2)C(=O)Nc1cccc(NC(C)=O)c1. The van der Waals surface area contributed by atoms with E-state index < -0.39 is 12.1 Å². The molecular weight excluding hydrogens is 588 g/mol. The topological polar surface area (TPSA) is 144 Å². The van der Waals surface area contributed by atoms with E-state index in [1.54, 1.807) is 44.6 Å². The van der Waals surface area contributed by atoms with E-state index in [0.29, 0.717) is 59.0 Å². The number of rotatable bonds is 11. The summed E-state index contributed by atoms with van der Waals surface area (Å²) in [6.45, 7) is 6.76. The Labute approximate surface area is 269 Å². The van der Waals surface area contributed by atoms with Crippen molar-refractivity contribution >= 4 is 34.8 Å². The van der Waals surface area contributed by atoms with Crippen LogP contribution in [0, 0.1) is 5.92 Å². The summed E-state index contributed by atoms with van der Waals surface area (Å²) in [6, 6.07) is 12.5. The quantitative estimate of drug-likeness (QED) is 0.224. The summed E-state index contributed by atoms with van der Waals surface area (Å²) in [6.07, 6.45) is 1.77. The number of nitrogens with one attached hydrogen (secondary N) is 4. The third-order valence-electron chi connectivity index (χ3n) is 8.17. The number of carbonyl (C=O) groups is 3. The van der Waals surface area contributed by atoms with Gasteiger partial charge in [0, 0.05) is 30.8 Å². The third kappa shape index (κ3) is 7.42. The first-order valence-corrected chi connectivity index (χ1v) is 15.2. The lowest BCUT2D eigenvalue weighted by atomic mass is 9.95. The van der Waals surface area contributed by atoms with Gasteiger partial charge in [-0.1, -0.05) is 32.4 Å². The predicted octanol–water partition coefficient (Wildman–Crippen LogP) is 5.29. The molecular formula is C35H42N4O7. The van der Waals surface area contributed by atoms with Crippen LogP contribution in [-0.2, 0) is 20.8 Å². The maximum absolute atomic E-state index is 13.9. The molecule has 0 aromatic heterocycles. The molecule has 4 rings (SSSR count). The number of aryl methyl sites for hydroxylation is 1. The minimum Gasteiger partial charge on any atom is -0.493 e. The molecule has 3 amide bonds. The lowest BCUT2D eigenvalue weighted by Gasteiger charge is -2.24. The van der Waals surface area contributed by atoms with Crippen LogP contribution in [0.2, 0.25) is 0 Å². The summed E-state index contributed by atoms with van der Waals surface area (Å²) in [4.78, 5) is 51.3. The van der Waals surface area contributed by atoms with Gasteiger partial charge in [0.2, 0.25) is 28.9 Å². The minimum atomic E-state index is -0.762. The van der Waals surface area contributed by atoms with Crippen molar-refractivity contribution in [3.05, 3.63) is 69.9 Å². The predicted molar refractivity (Wildman–Crippen MR) is 179 cm³/mol. The zero-order valence-electron chi connectivity index (χ0n) is 27.3. The summed E-state index contributed by atoms with van der Waals surface area (Å²) >= 11 is 0. The minimum absolute atomic E-state index is 0.147. The maximum atomic E-state index is 13.9. The van der Waals surface area contributed by atoms with Gasteiger partial charge in [-0.2, -0.15) is 0 Å². The summed E-state index contributed by atoms with van der Waals surface area (Å²) in [5.41, 5.74) is 3.90. The van der Waals surface area contributed by atoms with E-state index >= 15 is 0 Å². The molecule has 0 unspecified atom stereocenters. The average Bonchev–Trinajstić information content (AvgIpc) is 3.26. The molecule has 0 fully saturated rings. The van der Waals surface area contributed by atoms with Crippen LogP contribution in [0.25, 0.3) is 11.1 Å². The molecule has 0 aliphatic heterocycles. The van der Waals surface area contributed by atoms with E-state index in [1.807, 2.05) is 26.0 Å². The number of methoxy groups -OCH3 is 3. The van der Waals surface area contributed by atoms with Crippen molar-refractivity contribution in [2.75, 3.05) is 37.3 Å². The van der Waals surface area contributed by atoms with Gasteiger partial charge >= 0.3 is 0 Å². The van der Waals surface area contributed by atoms with Crippen LogP contribution in [0.3, 0.4) is 0 Å². The molecule has 11 heteroatoms. The fraction of sp³-hybridized carbons (Fsp3) is 0.371. The van der Waals surface area contributed by atoms with Crippen molar-refractivity contribution in [1.29, 1.82) is 0 Å². The molecule has 0 saturated carbocycles. The van der Waals surface area contributed by atoms with E-state index in [2.05, 4.69) is 21.3 Å². The number of amides is 3. The second kappa shape index (κ2) is 14.8. The maximum Gasteiger partial charge on any atom is 0.247 e. The van der Waals surface area contributed by atoms with Crippen LogP contribution < -0.4 is 40.9 Å². The van der Waals surface area contributed by atoms with Crippen LogP contribution in [-0.4, -0.2) is 45.1 Å².